The van der Waals surface area contributed by atoms with Crippen LogP contribution < -0.4 is 5.73 Å². The highest BCUT2D eigenvalue weighted by Crippen LogP contribution is 2.16. The van der Waals surface area contributed by atoms with Crippen molar-refractivity contribution in [2.45, 2.75) is 0 Å². The van der Waals surface area contributed by atoms with Gasteiger partial charge in [0.25, 0.3) is 0 Å². The van der Waals surface area contributed by atoms with Gasteiger partial charge in [0.15, 0.2) is 11.8 Å². The van der Waals surface area contributed by atoms with Gasteiger partial charge in [-0.25, -0.2) is 9.78 Å². The maximum atomic E-state index is 11.7. The van der Waals surface area contributed by atoms with Crippen molar-refractivity contribution in [3.8, 4) is 11.8 Å². The van der Waals surface area contributed by atoms with E-state index in [9.17, 15) is 4.79 Å². The number of halogens is 2. The number of nitrogens with zero attached hydrogens (tertiary/aromatic N) is 1. The van der Waals surface area contributed by atoms with Gasteiger partial charge in [-0.3, -0.25) is 0 Å². The zero-order valence-corrected chi connectivity index (χ0v) is 12.3. The van der Waals surface area contributed by atoms with E-state index in [2.05, 4.69) is 16.8 Å². The van der Waals surface area contributed by atoms with Gasteiger partial charge in [0.2, 0.25) is 0 Å². The molecule has 21 heavy (non-hydrogen) atoms. The van der Waals surface area contributed by atoms with Crippen LogP contribution >= 0.6 is 23.2 Å². The predicted molar refractivity (Wildman–Crippen MR) is 82.3 cm³/mol. The minimum atomic E-state index is -0.570. The van der Waals surface area contributed by atoms with Crippen LogP contribution in [0, 0.1) is 11.8 Å². The normalized spacial score (nSPS) is 9.62. The number of esters is 1. The van der Waals surface area contributed by atoms with Crippen molar-refractivity contribution in [3.05, 3.63) is 57.8 Å². The molecule has 0 amide bonds. The summed E-state index contributed by atoms with van der Waals surface area (Å²) >= 11 is 11.6. The number of ether oxygens (including phenoxy) is 1. The Labute approximate surface area is 131 Å². The molecule has 0 aliphatic heterocycles. The Bertz CT molecular complexity index is 736. The molecule has 0 atom stereocenters. The molecule has 0 fully saturated rings. The molecule has 1 aromatic heterocycles. The van der Waals surface area contributed by atoms with Crippen molar-refractivity contribution in [2.24, 2.45) is 0 Å². The third-order valence-electron chi connectivity index (χ3n) is 2.47. The molecule has 2 rings (SSSR count). The quantitative estimate of drug-likeness (QED) is 0.524. The molecule has 4 nitrogen and oxygen atoms in total. The van der Waals surface area contributed by atoms with E-state index >= 15 is 0 Å². The number of nitrogens with two attached hydrogens (primary N) is 1. The number of hydrogen-bond donors (Lipinski definition) is 1. The second kappa shape index (κ2) is 6.98. The summed E-state index contributed by atoms with van der Waals surface area (Å²) in [5.74, 6) is 4.96. The van der Waals surface area contributed by atoms with E-state index in [1.165, 1.54) is 12.3 Å². The van der Waals surface area contributed by atoms with Crippen LogP contribution in [0.5, 0.6) is 0 Å². The van der Waals surface area contributed by atoms with E-state index < -0.39 is 5.97 Å². The van der Waals surface area contributed by atoms with Crippen molar-refractivity contribution in [1.82, 2.24) is 4.98 Å². The highest BCUT2D eigenvalue weighted by atomic mass is 35.5. The average molecular weight is 321 g/mol. The molecular formula is C15H10Cl2N2O2. The number of aromatic nitrogens is 1. The highest BCUT2D eigenvalue weighted by molar-refractivity contribution is 6.32. The Kier molecular flexibility index (Phi) is 5.04. The topological polar surface area (TPSA) is 65.2 Å². The molecule has 0 aliphatic rings. The fraction of sp³-hybridized carbons (Fsp3) is 0.0667. The summed E-state index contributed by atoms with van der Waals surface area (Å²) in [5, 5.41) is 0.691. The summed E-state index contributed by atoms with van der Waals surface area (Å²) in [6.07, 6.45) is 1.29. The van der Waals surface area contributed by atoms with Gasteiger partial charge in [-0.15, -0.1) is 0 Å². The number of hydrogen-bond acceptors (Lipinski definition) is 4. The molecule has 1 aromatic carbocycles. The van der Waals surface area contributed by atoms with E-state index in [1.54, 1.807) is 12.1 Å². The lowest BCUT2D eigenvalue weighted by atomic mass is 10.2. The maximum absolute atomic E-state index is 11.7. The van der Waals surface area contributed by atoms with E-state index in [0.29, 0.717) is 10.6 Å². The van der Waals surface area contributed by atoms with Crippen molar-refractivity contribution in [2.75, 3.05) is 12.3 Å². The number of pyridine rings is 1. The minimum Gasteiger partial charge on any atom is -0.449 e. The number of nitrogen functional groups attached to an aromatic ring is 1. The molecule has 0 aliphatic carbocycles. The number of carbonyl (C=O) groups is 1. The van der Waals surface area contributed by atoms with Crippen molar-refractivity contribution in [3.63, 3.8) is 0 Å². The van der Waals surface area contributed by atoms with Gasteiger partial charge >= 0.3 is 5.97 Å². The van der Waals surface area contributed by atoms with Crippen LogP contribution in [0.25, 0.3) is 0 Å². The van der Waals surface area contributed by atoms with Crippen LogP contribution in [0.15, 0.2) is 36.5 Å². The van der Waals surface area contributed by atoms with Gasteiger partial charge in [-0.1, -0.05) is 47.2 Å². The lowest BCUT2D eigenvalue weighted by molar-refractivity contribution is 0.0556. The number of benzene rings is 1. The Morgan fingerprint density at radius 3 is 2.81 bits per heavy atom. The summed E-state index contributed by atoms with van der Waals surface area (Å²) in [7, 11) is 0. The zero-order chi connectivity index (χ0) is 15.2. The molecule has 0 saturated carbocycles. The molecule has 0 unspecified atom stereocenters. The van der Waals surface area contributed by atoms with Crippen LogP contribution in [0.1, 0.15) is 15.9 Å². The Morgan fingerprint density at radius 2 is 2.10 bits per heavy atom. The number of carbonyl (C=O) groups excluding carboxylic acids is 1. The third-order valence-corrected chi connectivity index (χ3v) is 3.12. The SMILES string of the molecule is Nc1cc(C(=O)OCC#Cc2ccccc2Cl)cnc1Cl. The predicted octanol–water partition coefficient (Wildman–Crippen LogP) is 3.18. The van der Waals surface area contributed by atoms with Gasteiger partial charge in [-0.2, -0.15) is 0 Å². The van der Waals surface area contributed by atoms with Crippen molar-refractivity contribution >= 4 is 34.9 Å². The van der Waals surface area contributed by atoms with E-state index in [0.717, 1.165) is 0 Å². The minimum absolute atomic E-state index is 0.0629. The Hall–Kier alpha value is -2.22. The van der Waals surface area contributed by atoms with E-state index in [-0.39, 0.29) is 23.0 Å². The highest BCUT2D eigenvalue weighted by Gasteiger charge is 2.09. The molecular weight excluding hydrogens is 311 g/mol. The van der Waals surface area contributed by atoms with Crippen molar-refractivity contribution in [1.29, 1.82) is 0 Å². The molecule has 0 bridgehead atoms. The monoisotopic (exact) mass is 320 g/mol. The van der Waals surface area contributed by atoms with Crippen LogP contribution in [0.2, 0.25) is 10.2 Å². The summed E-state index contributed by atoms with van der Waals surface area (Å²) in [6, 6.07) is 8.55. The van der Waals surface area contributed by atoms with Gasteiger partial charge in [0.05, 0.1) is 16.3 Å². The standard InChI is InChI=1S/C15H10Cl2N2O2/c16-12-6-2-1-4-10(12)5-3-7-21-15(20)11-8-13(18)14(17)19-9-11/h1-2,4,6,8-9H,7,18H2. The van der Waals surface area contributed by atoms with Gasteiger partial charge in [-0.05, 0) is 18.2 Å². The summed E-state index contributed by atoms with van der Waals surface area (Å²) in [6.45, 7) is -0.0629. The molecule has 2 aromatic rings. The lowest BCUT2D eigenvalue weighted by Gasteiger charge is -2.02. The number of rotatable bonds is 2. The fourth-order valence-corrected chi connectivity index (χ4v) is 1.74. The van der Waals surface area contributed by atoms with Crippen LogP contribution in [0.4, 0.5) is 5.69 Å². The fourth-order valence-electron chi connectivity index (χ4n) is 1.46. The first-order valence-corrected chi connectivity index (χ1v) is 6.65. The molecule has 0 saturated heterocycles. The van der Waals surface area contributed by atoms with Crippen LogP contribution in [0.3, 0.4) is 0 Å². The summed E-state index contributed by atoms with van der Waals surface area (Å²) < 4.78 is 4.99. The molecule has 2 N–H and O–H groups in total. The third kappa shape index (κ3) is 4.12. The molecule has 1 heterocycles. The van der Waals surface area contributed by atoms with Gasteiger partial charge in [0.1, 0.15) is 0 Å². The average Bonchev–Trinajstić information content (AvgIpc) is 2.48. The zero-order valence-electron chi connectivity index (χ0n) is 10.8. The van der Waals surface area contributed by atoms with Crippen LogP contribution in [-0.2, 0) is 4.74 Å². The molecule has 6 heteroatoms. The maximum Gasteiger partial charge on any atom is 0.340 e. The summed E-state index contributed by atoms with van der Waals surface area (Å²) in [5.41, 5.74) is 6.67. The molecule has 0 radical (unpaired) electrons. The molecule has 106 valence electrons. The Morgan fingerprint density at radius 1 is 1.33 bits per heavy atom. The first kappa shape index (κ1) is 15.2. The van der Waals surface area contributed by atoms with E-state index in [1.807, 2.05) is 12.1 Å². The first-order valence-electron chi connectivity index (χ1n) is 5.89. The van der Waals surface area contributed by atoms with Crippen LogP contribution in [-0.4, -0.2) is 17.6 Å². The van der Waals surface area contributed by atoms with Crippen molar-refractivity contribution < 1.29 is 9.53 Å². The van der Waals surface area contributed by atoms with Gasteiger partial charge in [0, 0.05) is 11.8 Å². The first-order chi connectivity index (χ1) is 10.1. The van der Waals surface area contributed by atoms with Gasteiger partial charge < -0.3 is 10.5 Å². The van der Waals surface area contributed by atoms with E-state index in [4.69, 9.17) is 33.7 Å². The number of anilines is 1. The largest absolute Gasteiger partial charge is 0.449 e. The Balaban J connectivity index is 1.96. The second-order valence-corrected chi connectivity index (χ2v) is 4.73. The molecule has 0 spiro atoms. The smallest absolute Gasteiger partial charge is 0.340 e. The lowest BCUT2D eigenvalue weighted by Crippen LogP contribution is -2.07. The second-order valence-electron chi connectivity index (χ2n) is 3.96. The summed E-state index contributed by atoms with van der Waals surface area (Å²) in [4.78, 5) is 15.5.